The molecule has 0 spiro atoms. The summed E-state index contributed by atoms with van der Waals surface area (Å²) in [6.45, 7) is 4.06. The van der Waals surface area contributed by atoms with Crippen LogP contribution in [0.15, 0.2) is 42.5 Å². The second-order valence-electron chi connectivity index (χ2n) is 9.82. The van der Waals surface area contributed by atoms with Crippen molar-refractivity contribution in [2.75, 3.05) is 11.9 Å². The number of carbonyl (C=O) groups is 1. The second-order valence-corrected chi connectivity index (χ2v) is 10.2. The van der Waals surface area contributed by atoms with Gasteiger partial charge in [-0.3, -0.25) is 4.79 Å². The van der Waals surface area contributed by atoms with E-state index < -0.39 is 5.60 Å². The van der Waals surface area contributed by atoms with E-state index in [-0.39, 0.29) is 18.1 Å². The molecule has 0 aromatic heterocycles. The molecule has 0 saturated heterocycles. The maximum atomic E-state index is 11.3. The zero-order chi connectivity index (χ0) is 23.4. The van der Waals surface area contributed by atoms with E-state index in [4.69, 9.17) is 16.3 Å². The second kappa shape index (κ2) is 10.4. The predicted molar refractivity (Wildman–Crippen MR) is 133 cm³/mol. The third-order valence-electron chi connectivity index (χ3n) is 7.08. The maximum Gasteiger partial charge on any atom is 0.217 e. The quantitative estimate of drug-likeness (QED) is 0.442. The number of ether oxygens (including phenoxy) is 1. The lowest BCUT2D eigenvalue weighted by Crippen LogP contribution is -2.43. The highest BCUT2D eigenvalue weighted by atomic mass is 35.5. The van der Waals surface area contributed by atoms with Gasteiger partial charge in [0.15, 0.2) is 0 Å². The Morgan fingerprint density at radius 3 is 2.64 bits per heavy atom. The number of nitrogens with one attached hydrogen (secondary N) is 2. The molecule has 178 valence electrons. The molecule has 3 atom stereocenters. The number of hydrogen-bond donors (Lipinski definition) is 3. The monoisotopic (exact) mass is 470 g/mol. The number of aliphatic hydroxyl groups is 1. The number of benzene rings is 2. The normalized spacial score (nSPS) is 22.3. The van der Waals surface area contributed by atoms with Gasteiger partial charge in [0.25, 0.3) is 0 Å². The van der Waals surface area contributed by atoms with Gasteiger partial charge in [0.05, 0.1) is 28.5 Å². The van der Waals surface area contributed by atoms with E-state index in [2.05, 4.69) is 16.7 Å². The van der Waals surface area contributed by atoms with Gasteiger partial charge in [-0.2, -0.15) is 0 Å². The fourth-order valence-corrected chi connectivity index (χ4v) is 5.21. The van der Waals surface area contributed by atoms with Crippen molar-refractivity contribution < 1.29 is 14.6 Å². The topological polar surface area (TPSA) is 70.6 Å². The van der Waals surface area contributed by atoms with E-state index in [1.54, 1.807) is 0 Å². The summed E-state index contributed by atoms with van der Waals surface area (Å²) in [7, 11) is 0. The minimum absolute atomic E-state index is 0.0148. The zero-order valence-corrected chi connectivity index (χ0v) is 20.3. The van der Waals surface area contributed by atoms with Crippen LogP contribution in [0.25, 0.3) is 0 Å². The molecule has 0 heterocycles. The average molecular weight is 471 g/mol. The van der Waals surface area contributed by atoms with Crippen molar-refractivity contribution in [3.05, 3.63) is 58.6 Å². The molecule has 2 aromatic carbocycles. The van der Waals surface area contributed by atoms with Crippen LogP contribution >= 0.6 is 11.6 Å². The Morgan fingerprint density at radius 1 is 1.21 bits per heavy atom. The molecule has 2 aliphatic carbocycles. The Morgan fingerprint density at radius 2 is 1.97 bits per heavy atom. The summed E-state index contributed by atoms with van der Waals surface area (Å²) in [5.74, 6) is 1.38. The minimum atomic E-state index is -0.574. The predicted octanol–water partition coefficient (Wildman–Crippen LogP) is 5.65. The molecule has 2 saturated carbocycles. The van der Waals surface area contributed by atoms with Gasteiger partial charge in [0.1, 0.15) is 5.75 Å². The molecular weight excluding hydrogens is 436 g/mol. The first-order chi connectivity index (χ1) is 15.8. The van der Waals surface area contributed by atoms with Crippen molar-refractivity contribution in [3.8, 4) is 5.75 Å². The summed E-state index contributed by atoms with van der Waals surface area (Å²) in [5.41, 5.74) is 2.56. The van der Waals surface area contributed by atoms with Crippen molar-refractivity contribution in [2.45, 2.75) is 76.5 Å². The molecule has 0 bridgehead atoms. The summed E-state index contributed by atoms with van der Waals surface area (Å²) >= 11 is 6.71. The Kier molecular flexibility index (Phi) is 7.50. The van der Waals surface area contributed by atoms with Crippen LogP contribution < -0.4 is 15.4 Å². The van der Waals surface area contributed by atoms with E-state index in [1.165, 1.54) is 6.92 Å². The van der Waals surface area contributed by atoms with E-state index in [0.29, 0.717) is 12.5 Å². The Bertz CT molecular complexity index is 958. The molecule has 2 fully saturated rings. The third kappa shape index (κ3) is 6.21. The van der Waals surface area contributed by atoms with Crippen molar-refractivity contribution in [3.63, 3.8) is 0 Å². The number of amides is 1. The van der Waals surface area contributed by atoms with Crippen LogP contribution in [0.2, 0.25) is 5.02 Å². The fourth-order valence-electron chi connectivity index (χ4n) is 4.94. The van der Waals surface area contributed by atoms with Gasteiger partial charge >= 0.3 is 0 Å². The number of anilines is 1. The van der Waals surface area contributed by atoms with Crippen LogP contribution in [0.5, 0.6) is 5.75 Å². The fraction of sp³-hybridized carbons (Fsp3) is 0.519. The van der Waals surface area contributed by atoms with E-state index >= 15 is 0 Å². The van der Waals surface area contributed by atoms with Gasteiger partial charge in [0, 0.05) is 13.5 Å². The van der Waals surface area contributed by atoms with Crippen molar-refractivity contribution in [1.29, 1.82) is 0 Å². The molecular formula is C27H35ClN2O3. The first-order valence-corrected chi connectivity index (χ1v) is 12.5. The number of halogens is 1. The molecule has 2 aromatic rings. The van der Waals surface area contributed by atoms with Crippen LogP contribution in [0, 0.1) is 5.92 Å². The minimum Gasteiger partial charge on any atom is -0.490 e. The standard InChI is InChI=1S/C27H35ClN2O3/c1-18(30-19(2)31)21-8-11-23(12-9-21)33-24-10-7-20(16-24)15-22-5-3-6-25(26(22)28)29-17-27(32)13-4-14-27/h3,5-6,8-9,11-12,18,20,24,29,32H,4,7,10,13-17H2,1-2H3,(H,30,31)/t18-,20?,24+/m0/s1. The van der Waals surface area contributed by atoms with Crippen molar-refractivity contribution in [1.82, 2.24) is 5.32 Å². The lowest BCUT2D eigenvalue weighted by atomic mass is 9.80. The Balaban J connectivity index is 1.29. The van der Waals surface area contributed by atoms with Crippen LogP contribution in [0.3, 0.4) is 0 Å². The van der Waals surface area contributed by atoms with Gasteiger partial charge in [0.2, 0.25) is 5.91 Å². The SMILES string of the molecule is CC(=O)N[C@@H](C)c1ccc(O[C@@H]2CCC(Cc3cccc(NCC4(O)CCC4)c3Cl)C2)cc1. The molecule has 5 nitrogen and oxygen atoms in total. The molecule has 0 radical (unpaired) electrons. The number of hydrogen-bond acceptors (Lipinski definition) is 4. The summed E-state index contributed by atoms with van der Waals surface area (Å²) in [6, 6.07) is 14.1. The van der Waals surface area contributed by atoms with Crippen LogP contribution in [-0.4, -0.2) is 29.3 Å². The molecule has 1 amide bonds. The van der Waals surface area contributed by atoms with E-state index in [9.17, 15) is 9.90 Å². The first-order valence-electron chi connectivity index (χ1n) is 12.1. The Hall–Kier alpha value is -2.24. The van der Waals surface area contributed by atoms with Crippen LogP contribution in [0.1, 0.15) is 69.5 Å². The molecule has 6 heteroatoms. The van der Waals surface area contributed by atoms with E-state index in [0.717, 1.165) is 72.5 Å². The average Bonchev–Trinajstić information content (AvgIpc) is 3.20. The molecule has 2 aliphatic rings. The summed E-state index contributed by atoms with van der Waals surface area (Å²) in [6.07, 6.45) is 7.13. The summed E-state index contributed by atoms with van der Waals surface area (Å²) in [4.78, 5) is 11.3. The van der Waals surface area contributed by atoms with Gasteiger partial charge < -0.3 is 20.5 Å². The molecule has 3 N–H and O–H groups in total. The lowest BCUT2D eigenvalue weighted by Gasteiger charge is -2.37. The lowest BCUT2D eigenvalue weighted by molar-refractivity contribution is -0.119. The largest absolute Gasteiger partial charge is 0.490 e. The number of rotatable bonds is 9. The maximum absolute atomic E-state index is 11.3. The van der Waals surface area contributed by atoms with Gasteiger partial charge in [-0.1, -0.05) is 35.9 Å². The number of carbonyl (C=O) groups excluding carboxylic acids is 1. The highest BCUT2D eigenvalue weighted by Crippen LogP contribution is 2.36. The molecule has 0 aliphatic heterocycles. The van der Waals surface area contributed by atoms with Gasteiger partial charge in [-0.15, -0.1) is 0 Å². The molecule has 1 unspecified atom stereocenters. The highest BCUT2D eigenvalue weighted by Gasteiger charge is 2.34. The van der Waals surface area contributed by atoms with Crippen molar-refractivity contribution >= 4 is 23.2 Å². The van der Waals surface area contributed by atoms with Gasteiger partial charge in [-0.25, -0.2) is 0 Å². The zero-order valence-electron chi connectivity index (χ0n) is 19.6. The Labute approximate surface area is 201 Å². The van der Waals surface area contributed by atoms with Gasteiger partial charge in [-0.05, 0) is 87.1 Å². The highest BCUT2D eigenvalue weighted by molar-refractivity contribution is 6.34. The van der Waals surface area contributed by atoms with Crippen molar-refractivity contribution in [2.24, 2.45) is 5.92 Å². The summed E-state index contributed by atoms with van der Waals surface area (Å²) in [5, 5.41) is 17.4. The van der Waals surface area contributed by atoms with Crippen LogP contribution in [0.4, 0.5) is 5.69 Å². The molecule has 33 heavy (non-hydrogen) atoms. The third-order valence-corrected chi connectivity index (χ3v) is 7.52. The summed E-state index contributed by atoms with van der Waals surface area (Å²) < 4.78 is 6.25. The smallest absolute Gasteiger partial charge is 0.217 e. The first kappa shape index (κ1) is 23.9. The molecule has 4 rings (SSSR count). The van der Waals surface area contributed by atoms with E-state index in [1.807, 2.05) is 43.3 Å². The van der Waals surface area contributed by atoms with Crippen LogP contribution in [-0.2, 0) is 11.2 Å².